The van der Waals surface area contributed by atoms with E-state index in [1.54, 1.807) is 0 Å². The lowest BCUT2D eigenvalue weighted by molar-refractivity contribution is 0.0173. The van der Waals surface area contributed by atoms with Gasteiger partial charge < -0.3 is 4.74 Å². The summed E-state index contributed by atoms with van der Waals surface area (Å²) in [6.45, 7) is 4.67. The van der Waals surface area contributed by atoms with Crippen molar-refractivity contribution in [3.8, 4) is 0 Å². The summed E-state index contributed by atoms with van der Waals surface area (Å²) in [5, 5.41) is 0. The highest BCUT2D eigenvalue weighted by Gasteiger charge is 2.08. The van der Waals surface area contributed by atoms with Gasteiger partial charge in [-0.25, -0.2) is 0 Å². The average molecular weight is 144 g/mol. The van der Waals surface area contributed by atoms with Gasteiger partial charge in [-0.1, -0.05) is 0 Å². The maximum absolute atomic E-state index is 8.04. The van der Waals surface area contributed by atoms with Crippen LogP contribution in [0.2, 0.25) is 0 Å². The summed E-state index contributed by atoms with van der Waals surface area (Å²) >= 11 is 0. The van der Waals surface area contributed by atoms with Crippen LogP contribution in [0.15, 0.2) is 0 Å². The van der Waals surface area contributed by atoms with Gasteiger partial charge in [0.05, 0.1) is 19.8 Å². The van der Waals surface area contributed by atoms with Crippen LogP contribution in [-0.4, -0.2) is 44.4 Å². The Balaban J connectivity index is 2.02. The van der Waals surface area contributed by atoms with Crippen LogP contribution in [-0.2, 0) is 9.57 Å². The molecule has 0 atom stereocenters. The fourth-order valence-corrected chi connectivity index (χ4v) is 0.995. The summed E-state index contributed by atoms with van der Waals surface area (Å²) in [7, 11) is 0. The molecule has 0 spiro atoms. The molecule has 1 rings (SSSR count). The maximum Gasteiger partial charge on any atom is 0.0847 e. The van der Waals surface area contributed by atoms with Crippen molar-refractivity contribution in [3.05, 3.63) is 0 Å². The van der Waals surface area contributed by atoms with Gasteiger partial charge in [-0.3, -0.25) is 9.74 Å². The van der Waals surface area contributed by atoms with Crippen molar-refractivity contribution in [2.45, 2.75) is 0 Å². The Morgan fingerprint density at radius 3 is 2.70 bits per heavy atom. The smallest absolute Gasteiger partial charge is 0.0847 e. The van der Waals surface area contributed by atoms with Crippen LogP contribution < -0.4 is 5.90 Å². The van der Waals surface area contributed by atoms with Crippen LogP contribution in [0.4, 0.5) is 0 Å². The zero-order chi connectivity index (χ0) is 7.23. The Bertz CT molecular complexity index is 83.8. The molecule has 0 unspecified atom stereocenters. The van der Waals surface area contributed by atoms with Crippen molar-refractivity contribution >= 4 is 0 Å². The van der Waals surface area contributed by atoms with E-state index in [4.69, 9.17) is 10.6 Å². The molecule has 0 bridgehead atoms. The van der Waals surface area contributed by atoms with Gasteiger partial charge in [0.15, 0.2) is 0 Å². The average Bonchev–Trinajstić information content (AvgIpc) is 2.03. The minimum atomic E-state index is 0.389. The van der Waals surface area contributed by atoms with Crippen LogP contribution in [0.5, 0.6) is 0 Å². The molecule has 0 amide bonds. The van der Waals surface area contributed by atoms with Crippen LogP contribution in [0.1, 0.15) is 0 Å². The molecular weight excluding hydrogens is 132 g/mol. The monoisotopic (exact) mass is 144 g/mol. The third-order valence-electron chi connectivity index (χ3n) is 1.60. The number of hydrogen-bond donors (Lipinski definition) is 0. The summed E-state index contributed by atoms with van der Waals surface area (Å²) in [5.74, 6) is 8.04. The first-order valence-electron chi connectivity index (χ1n) is 3.50. The number of morpholine rings is 1. The standard InChI is InChI=1S/C6H12N2O2/c7-10-6-3-8-1-4-9-5-2-8/h1-6H2. The molecule has 58 valence electrons. The zero-order valence-electron chi connectivity index (χ0n) is 5.95. The molecule has 0 aliphatic carbocycles. The van der Waals surface area contributed by atoms with E-state index in [0.717, 1.165) is 32.8 Å². The Morgan fingerprint density at radius 2 is 2.10 bits per heavy atom. The molecule has 0 saturated carbocycles. The van der Waals surface area contributed by atoms with Crippen LogP contribution >= 0.6 is 0 Å². The zero-order valence-corrected chi connectivity index (χ0v) is 5.95. The second-order valence-electron chi connectivity index (χ2n) is 2.29. The second-order valence-corrected chi connectivity index (χ2v) is 2.29. The fraction of sp³-hybridized carbons (Fsp3) is 1.00. The first kappa shape index (κ1) is 7.94. The SMILES string of the molecule is [N]OCCN1CCOCC1. The van der Waals surface area contributed by atoms with Crippen LogP contribution in [0.25, 0.3) is 0 Å². The summed E-state index contributed by atoms with van der Waals surface area (Å²) in [6, 6.07) is 0. The number of nitrogens with zero attached hydrogens (tertiary/aromatic N) is 2. The number of rotatable bonds is 3. The van der Waals surface area contributed by atoms with Crippen molar-refractivity contribution in [1.82, 2.24) is 10.8 Å². The van der Waals surface area contributed by atoms with Crippen molar-refractivity contribution in [2.24, 2.45) is 0 Å². The predicted octanol–water partition coefficient (Wildman–Crippen LogP) is -0.681. The Labute approximate surface area is 60.8 Å². The molecule has 1 aliphatic heterocycles. The quantitative estimate of drug-likeness (QED) is 0.493. The molecule has 0 aromatic heterocycles. The van der Waals surface area contributed by atoms with Crippen LogP contribution in [0, 0.1) is 0 Å². The molecule has 0 N–H and O–H groups in total. The topological polar surface area (TPSA) is 44.0 Å². The molecular formula is C6H12N2O2. The van der Waals surface area contributed by atoms with Crippen molar-refractivity contribution < 1.29 is 9.57 Å². The molecule has 10 heavy (non-hydrogen) atoms. The number of hydrogen-bond acceptors (Lipinski definition) is 3. The predicted molar refractivity (Wildman–Crippen MR) is 35.3 cm³/mol. The molecule has 2 radical (unpaired) electrons. The Hall–Kier alpha value is -0.160. The molecule has 4 heteroatoms. The van der Waals surface area contributed by atoms with Crippen molar-refractivity contribution in [1.29, 1.82) is 0 Å². The maximum atomic E-state index is 8.04. The van der Waals surface area contributed by atoms with E-state index in [1.165, 1.54) is 0 Å². The first-order chi connectivity index (χ1) is 4.93. The summed E-state index contributed by atoms with van der Waals surface area (Å²) < 4.78 is 5.13. The highest BCUT2D eigenvalue weighted by Crippen LogP contribution is 1.94. The van der Waals surface area contributed by atoms with E-state index in [1.807, 2.05) is 0 Å². The normalized spacial score (nSPS) is 21.3. The molecule has 0 aromatic rings. The van der Waals surface area contributed by atoms with Crippen LogP contribution in [0.3, 0.4) is 0 Å². The Kier molecular flexibility index (Phi) is 3.67. The molecule has 1 aliphatic rings. The number of ether oxygens (including phenoxy) is 1. The lowest BCUT2D eigenvalue weighted by Gasteiger charge is -2.25. The van der Waals surface area contributed by atoms with Gasteiger partial charge >= 0.3 is 0 Å². The van der Waals surface area contributed by atoms with E-state index < -0.39 is 0 Å². The largest absolute Gasteiger partial charge is 0.379 e. The highest BCUT2D eigenvalue weighted by atomic mass is 16.6. The van der Waals surface area contributed by atoms with Gasteiger partial charge in [-0.2, -0.15) is 0 Å². The molecule has 1 fully saturated rings. The van der Waals surface area contributed by atoms with E-state index in [0.29, 0.717) is 6.61 Å². The van der Waals surface area contributed by atoms with Gasteiger partial charge in [-0.05, 0) is 0 Å². The molecule has 1 saturated heterocycles. The van der Waals surface area contributed by atoms with Gasteiger partial charge in [0.2, 0.25) is 0 Å². The molecule has 4 nitrogen and oxygen atoms in total. The van der Waals surface area contributed by atoms with Gasteiger partial charge in [0, 0.05) is 25.5 Å². The van der Waals surface area contributed by atoms with Crippen molar-refractivity contribution in [2.75, 3.05) is 39.5 Å². The van der Waals surface area contributed by atoms with E-state index in [9.17, 15) is 0 Å². The summed E-state index contributed by atoms with van der Waals surface area (Å²) in [6.07, 6.45) is 0. The lowest BCUT2D eigenvalue weighted by atomic mass is 10.4. The Morgan fingerprint density at radius 1 is 1.40 bits per heavy atom. The molecule has 1 heterocycles. The third kappa shape index (κ3) is 2.62. The molecule has 0 aromatic carbocycles. The fourth-order valence-electron chi connectivity index (χ4n) is 0.995. The van der Waals surface area contributed by atoms with Gasteiger partial charge in [0.1, 0.15) is 0 Å². The van der Waals surface area contributed by atoms with E-state index in [2.05, 4.69) is 9.74 Å². The van der Waals surface area contributed by atoms with E-state index in [-0.39, 0.29) is 0 Å². The lowest BCUT2D eigenvalue weighted by Crippen LogP contribution is -2.38. The second kappa shape index (κ2) is 4.62. The van der Waals surface area contributed by atoms with Gasteiger partial charge in [-0.15, -0.1) is 0 Å². The van der Waals surface area contributed by atoms with Crippen molar-refractivity contribution in [3.63, 3.8) is 0 Å². The van der Waals surface area contributed by atoms with E-state index >= 15 is 0 Å². The third-order valence-corrected chi connectivity index (χ3v) is 1.60. The summed E-state index contributed by atoms with van der Waals surface area (Å²) in [4.78, 5) is 6.16. The summed E-state index contributed by atoms with van der Waals surface area (Å²) in [5.41, 5.74) is 0. The first-order valence-corrected chi connectivity index (χ1v) is 3.50. The minimum Gasteiger partial charge on any atom is -0.379 e. The minimum absolute atomic E-state index is 0.389. The van der Waals surface area contributed by atoms with Gasteiger partial charge in [0.25, 0.3) is 0 Å². The highest BCUT2D eigenvalue weighted by molar-refractivity contribution is 4.60.